The molecule has 0 radical (unpaired) electrons. The highest BCUT2D eigenvalue weighted by Crippen LogP contribution is 2.31. The average molecular weight is 465 g/mol. The number of amides is 1. The zero-order chi connectivity index (χ0) is 23.5. The number of nitrogens with zero attached hydrogens (tertiary/aromatic N) is 3. The Labute approximate surface area is 198 Å². The second-order valence-corrected chi connectivity index (χ2v) is 9.03. The Morgan fingerprint density at radius 1 is 1.32 bits per heavy atom. The Balaban J connectivity index is 1.40. The lowest BCUT2D eigenvalue weighted by molar-refractivity contribution is 0.0858. The first-order valence-corrected chi connectivity index (χ1v) is 12.2. The molecular formula is C25H32N6O3. The minimum absolute atomic E-state index is 0.0539. The second-order valence-electron chi connectivity index (χ2n) is 9.03. The van der Waals surface area contributed by atoms with E-state index < -0.39 is 0 Å². The van der Waals surface area contributed by atoms with Crippen LogP contribution in [0.1, 0.15) is 61.0 Å². The normalized spacial score (nSPS) is 19.7. The smallest absolute Gasteiger partial charge is 0.251 e. The van der Waals surface area contributed by atoms with Crippen LogP contribution in [0.2, 0.25) is 0 Å². The number of hydrogen-bond donors (Lipinski definition) is 4. The van der Waals surface area contributed by atoms with Crippen LogP contribution in [0.25, 0.3) is 10.9 Å². The standard InChI is InChI=1S/C25H32N6O3/c1-2-21(29-17-13-28-31(15-17)18-7-9-26-10-8-18)23-20-12-16(5-6-22(20)30-25(23)33)24(32)27-14-19-4-3-11-34-19/h5-6,12-13,15,18-19,26,30,33H,2-4,7-11,14H2,1H3,(H,27,32)/t19-/m1/s1. The van der Waals surface area contributed by atoms with Crippen LogP contribution >= 0.6 is 0 Å². The van der Waals surface area contributed by atoms with Crippen LogP contribution in [-0.4, -0.2) is 63.8 Å². The van der Waals surface area contributed by atoms with Gasteiger partial charge in [0.2, 0.25) is 0 Å². The van der Waals surface area contributed by atoms with E-state index in [0.717, 1.165) is 67.7 Å². The van der Waals surface area contributed by atoms with Gasteiger partial charge in [-0.1, -0.05) is 6.92 Å². The number of hydrogen-bond acceptors (Lipinski definition) is 6. The van der Waals surface area contributed by atoms with Gasteiger partial charge in [0.05, 0.1) is 35.8 Å². The third kappa shape index (κ3) is 4.71. The summed E-state index contributed by atoms with van der Waals surface area (Å²) in [5, 5.41) is 22.4. The second kappa shape index (κ2) is 9.99. The number of aromatic nitrogens is 3. The molecule has 2 saturated heterocycles. The molecule has 3 aromatic rings. The fourth-order valence-corrected chi connectivity index (χ4v) is 4.85. The summed E-state index contributed by atoms with van der Waals surface area (Å²) < 4.78 is 7.59. The van der Waals surface area contributed by atoms with Crippen LogP contribution in [0, 0.1) is 0 Å². The van der Waals surface area contributed by atoms with Gasteiger partial charge in [0.1, 0.15) is 5.69 Å². The lowest BCUT2D eigenvalue weighted by atomic mass is 10.0. The summed E-state index contributed by atoms with van der Waals surface area (Å²) in [6.07, 6.45) is 8.56. The summed E-state index contributed by atoms with van der Waals surface area (Å²) in [6.45, 7) is 5.26. The van der Waals surface area contributed by atoms with Crippen molar-refractivity contribution in [2.24, 2.45) is 4.99 Å². The SMILES string of the molecule is CCC(=Nc1cnn(C2CCNCC2)c1)c1c(O)[nH]c2ccc(C(=O)NC[C@H]3CCCO3)cc12. The number of piperidine rings is 1. The van der Waals surface area contributed by atoms with E-state index in [1.807, 2.05) is 29.9 Å². The van der Waals surface area contributed by atoms with Crippen molar-refractivity contribution in [3.8, 4) is 5.88 Å². The molecule has 4 N–H and O–H groups in total. The van der Waals surface area contributed by atoms with Crippen LogP contribution in [0.4, 0.5) is 5.69 Å². The third-order valence-electron chi connectivity index (χ3n) is 6.71. The van der Waals surface area contributed by atoms with Crippen molar-refractivity contribution >= 4 is 28.2 Å². The molecule has 2 fully saturated rings. The zero-order valence-electron chi connectivity index (χ0n) is 19.5. The quantitative estimate of drug-likeness (QED) is 0.400. The summed E-state index contributed by atoms with van der Waals surface area (Å²) in [5.74, 6) is -0.0967. The average Bonchev–Trinajstić information content (AvgIpc) is 3.61. The molecule has 2 aliphatic rings. The van der Waals surface area contributed by atoms with Crippen LogP contribution in [-0.2, 0) is 4.74 Å². The fourth-order valence-electron chi connectivity index (χ4n) is 4.85. The number of rotatable bonds is 7. The van der Waals surface area contributed by atoms with Gasteiger partial charge >= 0.3 is 0 Å². The molecule has 1 aromatic carbocycles. The van der Waals surface area contributed by atoms with Gasteiger partial charge in [0, 0.05) is 29.6 Å². The van der Waals surface area contributed by atoms with Crippen molar-refractivity contribution in [3.63, 3.8) is 0 Å². The Bertz CT molecular complexity index is 1180. The molecule has 2 aliphatic heterocycles. The van der Waals surface area contributed by atoms with E-state index in [4.69, 9.17) is 9.73 Å². The van der Waals surface area contributed by atoms with Crippen molar-refractivity contribution in [1.29, 1.82) is 0 Å². The molecule has 9 heteroatoms. The first-order chi connectivity index (χ1) is 16.6. The van der Waals surface area contributed by atoms with Crippen molar-refractivity contribution in [3.05, 3.63) is 41.7 Å². The third-order valence-corrected chi connectivity index (χ3v) is 6.71. The van der Waals surface area contributed by atoms with Gasteiger partial charge in [0.15, 0.2) is 5.88 Å². The van der Waals surface area contributed by atoms with Crippen molar-refractivity contribution in [1.82, 2.24) is 25.4 Å². The molecule has 1 amide bonds. The number of fused-ring (bicyclic) bond motifs is 1. The van der Waals surface area contributed by atoms with Crippen LogP contribution < -0.4 is 10.6 Å². The largest absolute Gasteiger partial charge is 0.494 e. The predicted molar refractivity (Wildman–Crippen MR) is 131 cm³/mol. The predicted octanol–water partition coefficient (Wildman–Crippen LogP) is 3.43. The van der Waals surface area contributed by atoms with Gasteiger partial charge in [-0.25, -0.2) is 4.99 Å². The number of aromatic amines is 1. The van der Waals surface area contributed by atoms with Crippen molar-refractivity contribution in [2.75, 3.05) is 26.2 Å². The maximum Gasteiger partial charge on any atom is 0.251 e. The molecular weight excluding hydrogens is 432 g/mol. The number of H-pyrrole nitrogens is 1. The van der Waals surface area contributed by atoms with Crippen LogP contribution in [0.15, 0.2) is 35.6 Å². The van der Waals surface area contributed by atoms with E-state index in [2.05, 4.69) is 20.7 Å². The summed E-state index contributed by atoms with van der Waals surface area (Å²) in [5.41, 5.74) is 3.43. The number of carbonyl (C=O) groups excluding carboxylic acids is 1. The maximum atomic E-state index is 12.8. The molecule has 9 nitrogen and oxygen atoms in total. The van der Waals surface area contributed by atoms with Crippen LogP contribution in [0.3, 0.4) is 0 Å². The fraction of sp³-hybridized carbons (Fsp3) is 0.480. The molecule has 0 unspecified atom stereocenters. The summed E-state index contributed by atoms with van der Waals surface area (Å²) >= 11 is 0. The van der Waals surface area contributed by atoms with E-state index in [9.17, 15) is 9.90 Å². The highest BCUT2D eigenvalue weighted by molar-refractivity contribution is 6.14. The number of aliphatic imine (C=N–C) groups is 1. The lowest BCUT2D eigenvalue weighted by Crippen LogP contribution is -2.31. The molecule has 2 aromatic heterocycles. The molecule has 0 spiro atoms. The molecule has 0 aliphatic carbocycles. The zero-order valence-corrected chi connectivity index (χ0v) is 19.5. The number of nitrogens with one attached hydrogen (secondary N) is 3. The number of carbonyl (C=O) groups is 1. The monoisotopic (exact) mass is 464 g/mol. The Morgan fingerprint density at radius 2 is 2.18 bits per heavy atom. The van der Waals surface area contributed by atoms with E-state index >= 15 is 0 Å². The first-order valence-electron chi connectivity index (χ1n) is 12.2. The summed E-state index contributed by atoms with van der Waals surface area (Å²) in [4.78, 5) is 20.6. The molecule has 0 saturated carbocycles. The van der Waals surface area contributed by atoms with Gasteiger partial charge in [-0.05, 0) is 63.4 Å². The van der Waals surface area contributed by atoms with Gasteiger partial charge in [-0.3, -0.25) is 9.48 Å². The van der Waals surface area contributed by atoms with Gasteiger partial charge < -0.3 is 25.5 Å². The first kappa shape index (κ1) is 22.6. The number of benzene rings is 1. The summed E-state index contributed by atoms with van der Waals surface area (Å²) in [6, 6.07) is 5.78. The lowest BCUT2D eigenvalue weighted by Gasteiger charge is -2.22. The van der Waals surface area contributed by atoms with Gasteiger partial charge in [-0.2, -0.15) is 5.10 Å². The molecule has 1 atom stereocenters. The Morgan fingerprint density at radius 3 is 2.94 bits per heavy atom. The minimum Gasteiger partial charge on any atom is -0.494 e. The highest BCUT2D eigenvalue weighted by Gasteiger charge is 2.20. The molecule has 5 rings (SSSR count). The van der Waals surface area contributed by atoms with E-state index in [0.29, 0.717) is 30.1 Å². The number of aromatic hydroxyl groups is 1. The van der Waals surface area contributed by atoms with E-state index in [1.165, 1.54) is 0 Å². The topological polar surface area (TPSA) is 117 Å². The van der Waals surface area contributed by atoms with Crippen molar-refractivity contribution < 1.29 is 14.6 Å². The molecule has 180 valence electrons. The van der Waals surface area contributed by atoms with E-state index in [-0.39, 0.29) is 17.9 Å². The van der Waals surface area contributed by atoms with Gasteiger partial charge in [0.25, 0.3) is 5.91 Å². The Hall–Kier alpha value is -3.17. The highest BCUT2D eigenvalue weighted by atomic mass is 16.5. The molecule has 4 heterocycles. The minimum atomic E-state index is -0.151. The molecule has 0 bridgehead atoms. The maximum absolute atomic E-state index is 12.8. The van der Waals surface area contributed by atoms with Crippen LogP contribution in [0.5, 0.6) is 5.88 Å². The number of ether oxygens (including phenoxy) is 1. The summed E-state index contributed by atoms with van der Waals surface area (Å²) in [7, 11) is 0. The van der Waals surface area contributed by atoms with Gasteiger partial charge in [-0.15, -0.1) is 0 Å². The van der Waals surface area contributed by atoms with E-state index in [1.54, 1.807) is 12.3 Å². The Kier molecular flexibility index (Phi) is 6.64. The molecule has 34 heavy (non-hydrogen) atoms. The van der Waals surface area contributed by atoms with Crippen molar-refractivity contribution in [2.45, 2.75) is 51.2 Å².